The Hall–Kier alpha value is -2.25. The Balaban J connectivity index is 2.25. The molecule has 9 N–H and O–H groups in total. The highest BCUT2D eigenvalue weighted by Crippen LogP contribution is 2.41. The summed E-state index contributed by atoms with van der Waals surface area (Å²) >= 11 is 0. The normalized spacial score (nSPS) is 14.0. The highest BCUT2D eigenvalue weighted by molar-refractivity contribution is 7.45. The van der Waals surface area contributed by atoms with Crippen molar-refractivity contribution in [3.8, 4) is 0 Å². The van der Waals surface area contributed by atoms with Crippen molar-refractivity contribution in [3.05, 3.63) is 41.6 Å². The molecule has 4 aromatic carbocycles. The van der Waals surface area contributed by atoms with Crippen molar-refractivity contribution >= 4 is 63.4 Å². The summed E-state index contributed by atoms with van der Waals surface area (Å²) in [5, 5.41) is 18.7. The van der Waals surface area contributed by atoms with E-state index >= 15 is 0 Å². The van der Waals surface area contributed by atoms with Crippen LogP contribution >= 0.6 is 8.73 Å². The minimum absolute atomic E-state index is 0.0187. The minimum atomic E-state index is -0.0187. The Kier molecular flexibility index (Phi) is 3.66. The number of rotatable bonds is 3. The fraction of sp³-hybridized carbons (Fsp3) is 0.0588. The van der Waals surface area contributed by atoms with Crippen molar-refractivity contribution in [2.24, 2.45) is 11.7 Å². The predicted molar refractivity (Wildman–Crippen MR) is 107 cm³/mol. The Bertz CT molecular complexity index is 1110. The van der Waals surface area contributed by atoms with Gasteiger partial charge in [0, 0.05) is 58.4 Å². The Morgan fingerprint density at radius 1 is 0.880 bits per heavy atom. The second-order valence-corrected chi connectivity index (χ2v) is 7.45. The predicted octanol–water partition coefficient (Wildman–Crippen LogP) is 0.661. The van der Waals surface area contributed by atoms with E-state index in [-0.39, 0.29) is 13.8 Å². The van der Waals surface area contributed by atoms with Gasteiger partial charge in [0.15, 0.2) is 0 Å². The monoisotopic (exact) mass is 354 g/mol. The van der Waals surface area contributed by atoms with Crippen molar-refractivity contribution < 1.29 is 5.06 Å². The number of hydroxylamine groups is 1. The van der Waals surface area contributed by atoms with Gasteiger partial charge in [-0.15, -0.1) is 0 Å². The molecule has 2 atom stereocenters. The maximum Gasteiger partial charge on any atom is 0.141 e. The van der Waals surface area contributed by atoms with Gasteiger partial charge in [-0.2, -0.15) is 4.89 Å². The molecule has 0 saturated carbocycles. The zero-order valence-electron chi connectivity index (χ0n) is 13.6. The molecule has 0 saturated heterocycles. The van der Waals surface area contributed by atoms with Crippen LogP contribution in [0.25, 0.3) is 32.3 Å². The number of quaternary nitrogens is 1. The number of nitrogens with zero attached hydrogens (tertiary/aromatic N) is 1. The van der Waals surface area contributed by atoms with Crippen molar-refractivity contribution in [2.45, 2.75) is 0 Å². The molecular formula is C17H19N6OP. The molecule has 0 aliphatic rings. The van der Waals surface area contributed by atoms with Gasteiger partial charge in [-0.25, -0.2) is 0 Å². The van der Waals surface area contributed by atoms with Gasteiger partial charge < -0.3 is 21.7 Å². The van der Waals surface area contributed by atoms with Crippen LogP contribution in [-0.4, -0.2) is 11.9 Å². The summed E-state index contributed by atoms with van der Waals surface area (Å²) in [6.45, 7) is 0. The lowest BCUT2D eigenvalue weighted by Crippen LogP contribution is -2.98. The van der Waals surface area contributed by atoms with Gasteiger partial charge in [0.2, 0.25) is 0 Å². The first-order valence-corrected chi connectivity index (χ1v) is 8.69. The highest BCUT2D eigenvalue weighted by Gasteiger charge is 2.18. The van der Waals surface area contributed by atoms with Crippen molar-refractivity contribution in [3.63, 3.8) is 0 Å². The highest BCUT2D eigenvalue weighted by atomic mass is 31.1. The summed E-state index contributed by atoms with van der Waals surface area (Å²) in [4.78, 5) is 1.15. The first kappa shape index (κ1) is 16.2. The molecule has 25 heavy (non-hydrogen) atoms. The van der Waals surface area contributed by atoms with Gasteiger partial charge in [0.1, 0.15) is 5.69 Å². The van der Waals surface area contributed by atoms with E-state index in [1.807, 2.05) is 30.3 Å². The summed E-state index contributed by atoms with van der Waals surface area (Å²) in [5.41, 5.74) is 14.4. The van der Waals surface area contributed by atoms with Crippen LogP contribution in [0.5, 0.6) is 0 Å². The van der Waals surface area contributed by atoms with Gasteiger partial charge in [-0.1, -0.05) is 18.2 Å². The molecule has 0 bridgehead atoms. The van der Waals surface area contributed by atoms with Crippen LogP contribution in [0.3, 0.4) is 0 Å². The van der Waals surface area contributed by atoms with Gasteiger partial charge >= 0.3 is 0 Å². The maximum atomic E-state index is 12.1. The molecule has 0 heterocycles. The molecule has 4 aromatic rings. The molecule has 0 amide bonds. The quantitative estimate of drug-likeness (QED) is 0.121. The number of hydrogen-bond donors (Lipinski definition) is 5. The average molecular weight is 354 g/mol. The van der Waals surface area contributed by atoms with E-state index in [4.69, 9.17) is 23.2 Å². The summed E-state index contributed by atoms with van der Waals surface area (Å²) in [6, 6.07) is 11.5. The molecule has 7 nitrogen and oxygen atoms in total. The molecule has 0 aliphatic carbocycles. The van der Waals surface area contributed by atoms with E-state index in [2.05, 4.69) is 0 Å². The fourth-order valence-electron chi connectivity index (χ4n) is 3.57. The molecule has 0 spiro atoms. The van der Waals surface area contributed by atoms with Crippen LogP contribution in [0.15, 0.2) is 36.4 Å². The zero-order valence-corrected chi connectivity index (χ0v) is 14.6. The van der Waals surface area contributed by atoms with Crippen LogP contribution in [0.1, 0.15) is 0 Å². The second kappa shape index (κ2) is 5.64. The van der Waals surface area contributed by atoms with Crippen LogP contribution < -0.4 is 33.5 Å². The van der Waals surface area contributed by atoms with Crippen molar-refractivity contribution in [2.75, 3.05) is 18.5 Å². The summed E-state index contributed by atoms with van der Waals surface area (Å²) in [7, 11) is 1.62. The molecule has 128 valence electrons. The molecule has 8 heteroatoms. The van der Waals surface area contributed by atoms with E-state index in [1.165, 1.54) is 0 Å². The van der Waals surface area contributed by atoms with Crippen LogP contribution in [0, 0.1) is 5.21 Å². The second-order valence-electron chi connectivity index (χ2n) is 6.17. The van der Waals surface area contributed by atoms with Gasteiger partial charge in [0.25, 0.3) is 0 Å². The van der Waals surface area contributed by atoms with E-state index in [9.17, 15) is 5.21 Å². The van der Waals surface area contributed by atoms with Crippen molar-refractivity contribution in [1.82, 2.24) is 4.89 Å². The number of hydrogen-bond acceptors (Lipinski definition) is 6. The summed E-state index contributed by atoms with van der Waals surface area (Å²) < 4.78 is 0. The molecule has 0 radical (unpaired) electrons. The van der Waals surface area contributed by atoms with Crippen LogP contribution in [0.2, 0.25) is 0 Å². The number of benzene rings is 4. The largest absolute Gasteiger partial charge is 0.629 e. The number of nitrogen functional groups attached to an aromatic ring is 2. The first-order valence-electron chi connectivity index (χ1n) is 7.75. The molecule has 0 fully saturated rings. The topological polar surface area (TPSA) is 135 Å². The van der Waals surface area contributed by atoms with Gasteiger partial charge in [-0.05, 0) is 17.5 Å². The third-order valence-electron chi connectivity index (χ3n) is 4.59. The summed E-state index contributed by atoms with van der Waals surface area (Å²) in [6.07, 6.45) is 0. The first-order chi connectivity index (χ1) is 11.9. The van der Waals surface area contributed by atoms with Crippen molar-refractivity contribution in [1.29, 1.82) is 0 Å². The third-order valence-corrected chi connectivity index (χ3v) is 5.50. The van der Waals surface area contributed by atoms with E-state index < -0.39 is 0 Å². The lowest BCUT2D eigenvalue weighted by molar-refractivity contribution is -0.750. The lowest BCUT2D eigenvalue weighted by atomic mass is 9.92. The number of anilines is 2. The Morgan fingerprint density at radius 2 is 1.40 bits per heavy atom. The molecule has 2 unspecified atom stereocenters. The maximum absolute atomic E-state index is 12.1. The third kappa shape index (κ3) is 2.38. The van der Waals surface area contributed by atoms with Crippen LogP contribution in [0.4, 0.5) is 17.1 Å². The minimum Gasteiger partial charge on any atom is -0.629 e. The average Bonchev–Trinajstić information content (AvgIpc) is 2.55. The Morgan fingerprint density at radius 3 is 2.00 bits per heavy atom. The van der Waals surface area contributed by atoms with E-state index in [1.54, 1.807) is 13.1 Å². The molecule has 0 aliphatic heterocycles. The van der Waals surface area contributed by atoms with E-state index in [0.717, 1.165) is 42.5 Å². The molecule has 4 rings (SSSR count). The lowest BCUT2D eigenvalue weighted by Gasteiger charge is -2.22. The zero-order chi connectivity index (χ0) is 17.9. The fourth-order valence-corrected chi connectivity index (χ4v) is 4.40. The number of hydrazine groups is 2. The van der Waals surface area contributed by atoms with Gasteiger partial charge in [0.05, 0.1) is 7.05 Å². The van der Waals surface area contributed by atoms with Crippen LogP contribution in [-0.2, 0) is 0 Å². The smallest absolute Gasteiger partial charge is 0.141 e. The number of nitrogens with two attached hydrogens (primary N) is 4. The SMILES string of the molecule is C[NH+]([O-])c1cc(N)c2ccc3c(N)cc(PN(N)N)c4ccc1c2c34. The summed E-state index contributed by atoms with van der Waals surface area (Å²) in [5.74, 6) is 11.3. The Labute approximate surface area is 145 Å². The number of nitrogens with one attached hydrogen (secondary N) is 1. The standard InChI is InChI=1S/C17H19N6OP/c1-22(24)14-6-12(18)8-2-3-9-13(19)7-15(25-23(20)21)11-5-4-10(14)16(8)17(9)11/h2-7,22,25H,18-21H2,1H3. The molecule has 0 aromatic heterocycles. The van der Waals surface area contributed by atoms with E-state index in [0.29, 0.717) is 17.1 Å². The van der Waals surface area contributed by atoms with Gasteiger partial charge in [-0.3, -0.25) is 11.7 Å². The molecular weight excluding hydrogens is 335 g/mol.